The van der Waals surface area contributed by atoms with Crippen LogP contribution in [0.2, 0.25) is 0 Å². The van der Waals surface area contributed by atoms with E-state index in [1.54, 1.807) is 16.2 Å². The molecule has 0 unspecified atom stereocenters. The third kappa shape index (κ3) is 2.51. The molecule has 6 nitrogen and oxygen atoms in total. The van der Waals surface area contributed by atoms with Crippen LogP contribution in [0.3, 0.4) is 0 Å². The largest absolute Gasteiger partial charge is 0.329 e. The Morgan fingerprint density at radius 1 is 1.29 bits per heavy atom. The van der Waals surface area contributed by atoms with Gasteiger partial charge in [0.1, 0.15) is 0 Å². The van der Waals surface area contributed by atoms with Gasteiger partial charge in [0.15, 0.2) is 9.84 Å². The van der Waals surface area contributed by atoms with Crippen molar-refractivity contribution < 1.29 is 8.42 Å². The molecule has 0 amide bonds. The molecule has 1 saturated heterocycles. The zero-order valence-corrected chi connectivity index (χ0v) is 13.0. The number of hydrogen-bond donors (Lipinski definition) is 0. The average Bonchev–Trinajstić information content (AvgIpc) is 2.93. The second-order valence-corrected chi connectivity index (χ2v) is 7.94. The number of sulfone groups is 1. The summed E-state index contributed by atoms with van der Waals surface area (Å²) in [4.78, 5) is 14.3. The molecule has 0 saturated carbocycles. The van der Waals surface area contributed by atoms with Gasteiger partial charge in [-0.3, -0.25) is 14.0 Å². The first-order valence-corrected chi connectivity index (χ1v) is 8.76. The van der Waals surface area contributed by atoms with Crippen LogP contribution in [0.15, 0.2) is 29.1 Å². The zero-order valence-electron chi connectivity index (χ0n) is 12.2. The van der Waals surface area contributed by atoms with E-state index in [4.69, 9.17) is 0 Å². The van der Waals surface area contributed by atoms with Crippen LogP contribution < -0.4 is 5.69 Å². The van der Waals surface area contributed by atoms with Crippen LogP contribution in [0, 0.1) is 0 Å². The molecule has 1 aromatic heterocycles. The SMILES string of the molecule is CN(Cn1c(=O)n(C)c2ccccc21)[C@@H]1CCS(=O)(=O)C1. The maximum Gasteiger partial charge on any atom is 0.329 e. The van der Waals surface area contributed by atoms with E-state index in [2.05, 4.69) is 0 Å². The van der Waals surface area contributed by atoms with Crippen molar-refractivity contribution >= 4 is 20.9 Å². The summed E-state index contributed by atoms with van der Waals surface area (Å²) in [5, 5.41) is 0. The van der Waals surface area contributed by atoms with Crippen LogP contribution in [0.1, 0.15) is 6.42 Å². The van der Waals surface area contributed by atoms with Crippen molar-refractivity contribution in [3.63, 3.8) is 0 Å². The number of imidazole rings is 1. The van der Waals surface area contributed by atoms with Gasteiger partial charge in [0.05, 0.1) is 29.2 Å². The first-order chi connectivity index (χ1) is 9.89. The molecule has 0 spiro atoms. The molecule has 3 rings (SSSR count). The summed E-state index contributed by atoms with van der Waals surface area (Å²) in [6, 6.07) is 7.61. The van der Waals surface area contributed by atoms with Crippen molar-refractivity contribution in [1.82, 2.24) is 14.0 Å². The highest BCUT2D eigenvalue weighted by atomic mass is 32.2. The van der Waals surface area contributed by atoms with Gasteiger partial charge in [-0.1, -0.05) is 12.1 Å². The highest BCUT2D eigenvalue weighted by molar-refractivity contribution is 7.91. The van der Waals surface area contributed by atoms with Gasteiger partial charge in [0, 0.05) is 13.1 Å². The molecule has 114 valence electrons. The van der Waals surface area contributed by atoms with Gasteiger partial charge in [-0.15, -0.1) is 0 Å². The van der Waals surface area contributed by atoms with E-state index < -0.39 is 9.84 Å². The number of fused-ring (bicyclic) bond motifs is 1. The standard InChI is InChI=1S/C14H19N3O3S/c1-15(11-7-8-21(19,20)9-11)10-17-13-6-4-3-5-12(13)16(2)14(17)18/h3-6,11H,7-10H2,1-2H3/t11-/m1/s1. The summed E-state index contributed by atoms with van der Waals surface area (Å²) < 4.78 is 26.5. The summed E-state index contributed by atoms with van der Waals surface area (Å²) in [6.07, 6.45) is 0.637. The highest BCUT2D eigenvalue weighted by Gasteiger charge is 2.31. The van der Waals surface area contributed by atoms with Gasteiger partial charge in [0.25, 0.3) is 0 Å². The van der Waals surface area contributed by atoms with Gasteiger partial charge in [-0.05, 0) is 25.6 Å². The van der Waals surface area contributed by atoms with E-state index >= 15 is 0 Å². The number of aromatic nitrogens is 2. The van der Waals surface area contributed by atoms with Crippen molar-refractivity contribution in [2.45, 2.75) is 19.1 Å². The van der Waals surface area contributed by atoms with E-state index in [0.29, 0.717) is 13.1 Å². The van der Waals surface area contributed by atoms with Crippen LogP contribution in [0.25, 0.3) is 11.0 Å². The second-order valence-electron chi connectivity index (χ2n) is 5.71. The maximum atomic E-state index is 12.3. The fourth-order valence-corrected chi connectivity index (χ4v) is 4.77. The molecule has 0 N–H and O–H groups in total. The molecular formula is C14H19N3O3S. The van der Waals surface area contributed by atoms with Crippen molar-refractivity contribution in [1.29, 1.82) is 0 Å². The van der Waals surface area contributed by atoms with E-state index in [-0.39, 0.29) is 23.2 Å². The van der Waals surface area contributed by atoms with Crippen LogP contribution in [0.5, 0.6) is 0 Å². The third-order valence-electron chi connectivity index (χ3n) is 4.25. The zero-order chi connectivity index (χ0) is 15.2. The van der Waals surface area contributed by atoms with E-state index in [9.17, 15) is 13.2 Å². The molecule has 7 heteroatoms. The Balaban J connectivity index is 1.92. The molecule has 1 fully saturated rings. The summed E-state index contributed by atoms with van der Waals surface area (Å²) in [7, 11) is 0.711. The third-order valence-corrected chi connectivity index (χ3v) is 6.00. The molecule has 1 atom stereocenters. The van der Waals surface area contributed by atoms with Crippen LogP contribution in [0.4, 0.5) is 0 Å². The molecular weight excluding hydrogens is 290 g/mol. The summed E-state index contributed by atoms with van der Waals surface area (Å²) in [5.74, 6) is 0.426. The minimum atomic E-state index is -2.91. The smallest absolute Gasteiger partial charge is 0.295 e. The van der Waals surface area contributed by atoms with Gasteiger partial charge in [0.2, 0.25) is 0 Å². The normalized spacial score (nSPS) is 21.4. The molecule has 0 radical (unpaired) electrons. The van der Waals surface area contributed by atoms with Crippen molar-refractivity contribution in [3.05, 3.63) is 34.7 Å². The lowest BCUT2D eigenvalue weighted by molar-refractivity contribution is 0.208. The molecule has 0 bridgehead atoms. The summed E-state index contributed by atoms with van der Waals surface area (Å²) in [5.41, 5.74) is 1.68. The molecule has 0 aliphatic carbocycles. The van der Waals surface area contributed by atoms with E-state index in [1.807, 2.05) is 36.2 Å². The molecule has 1 aliphatic heterocycles. The first kappa shape index (κ1) is 14.3. The maximum absolute atomic E-state index is 12.3. The molecule has 2 aromatic rings. The van der Waals surface area contributed by atoms with Crippen molar-refractivity contribution in [2.75, 3.05) is 18.6 Å². The summed E-state index contributed by atoms with van der Waals surface area (Å²) >= 11 is 0. The predicted octanol–water partition coefficient (Wildman–Crippen LogP) is 0.416. The Kier molecular flexibility index (Phi) is 3.41. The monoisotopic (exact) mass is 309 g/mol. The first-order valence-electron chi connectivity index (χ1n) is 6.94. The molecule has 1 aliphatic rings. The van der Waals surface area contributed by atoms with Crippen LogP contribution >= 0.6 is 0 Å². The van der Waals surface area contributed by atoms with Gasteiger partial charge >= 0.3 is 5.69 Å². The van der Waals surface area contributed by atoms with Crippen LogP contribution in [-0.4, -0.2) is 47.0 Å². The topological polar surface area (TPSA) is 64.3 Å². The van der Waals surface area contributed by atoms with Crippen LogP contribution in [-0.2, 0) is 23.6 Å². The van der Waals surface area contributed by atoms with Gasteiger partial charge in [-0.25, -0.2) is 13.2 Å². The quantitative estimate of drug-likeness (QED) is 0.824. The number of benzene rings is 1. The minimum Gasteiger partial charge on any atom is -0.295 e. The fraction of sp³-hybridized carbons (Fsp3) is 0.500. The molecule has 1 aromatic carbocycles. The Hall–Kier alpha value is -1.60. The average molecular weight is 309 g/mol. The number of hydrogen-bond acceptors (Lipinski definition) is 4. The number of nitrogens with zero attached hydrogens (tertiary/aromatic N) is 3. The Bertz CT molecular complexity index is 835. The highest BCUT2D eigenvalue weighted by Crippen LogP contribution is 2.18. The lowest BCUT2D eigenvalue weighted by Gasteiger charge is -2.23. The predicted molar refractivity (Wildman–Crippen MR) is 82.0 cm³/mol. The van der Waals surface area contributed by atoms with E-state index in [0.717, 1.165) is 11.0 Å². The lowest BCUT2D eigenvalue weighted by atomic mass is 10.2. The molecule has 21 heavy (non-hydrogen) atoms. The fourth-order valence-electron chi connectivity index (χ4n) is 2.96. The number of rotatable bonds is 3. The second kappa shape index (κ2) is 4.99. The number of para-hydroxylation sites is 2. The van der Waals surface area contributed by atoms with Crippen molar-refractivity contribution in [3.8, 4) is 0 Å². The Labute approximate surface area is 123 Å². The van der Waals surface area contributed by atoms with Crippen molar-refractivity contribution in [2.24, 2.45) is 7.05 Å². The molecule has 2 heterocycles. The van der Waals surface area contributed by atoms with Gasteiger partial charge < -0.3 is 0 Å². The number of aryl methyl sites for hydroxylation is 1. The Morgan fingerprint density at radius 2 is 1.95 bits per heavy atom. The Morgan fingerprint density at radius 3 is 2.57 bits per heavy atom. The lowest BCUT2D eigenvalue weighted by Crippen LogP contribution is -2.37. The van der Waals surface area contributed by atoms with Gasteiger partial charge in [-0.2, -0.15) is 0 Å². The van der Waals surface area contributed by atoms with E-state index in [1.165, 1.54) is 0 Å². The summed E-state index contributed by atoms with van der Waals surface area (Å²) in [6.45, 7) is 0.403. The minimum absolute atomic E-state index is 0.0131.